The Morgan fingerprint density at radius 2 is 1.95 bits per heavy atom. The van der Waals surface area contributed by atoms with Gasteiger partial charge in [-0.1, -0.05) is 25.1 Å². The van der Waals surface area contributed by atoms with Gasteiger partial charge in [-0.2, -0.15) is 0 Å². The summed E-state index contributed by atoms with van der Waals surface area (Å²) in [5.41, 5.74) is 3.72. The van der Waals surface area contributed by atoms with E-state index < -0.39 is 0 Å². The molecule has 0 aliphatic carbocycles. The second-order valence-corrected chi connectivity index (χ2v) is 4.96. The third kappa shape index (κ3) is 3.81. The van der Waals surface area contributed by atoms with Crippen LogP contribution in [-0.2, 0) is 6.42 Å². The van der Waals surface area contributed by atoms with Gasteiger partial charge in [0.25, 0.3) is 0 Å². The molecule has 0 radical (unpaired) electrons. The highest BCUT2D eigenvalue weighted by Crippen LogP contribution is 2.20. The fraction of sp³-hybridized carbons (Fsp3) is 0.353. The number of nitrogens with zero attached hydrogens (tertiary/aromatic N) is 1. The topological polar surface area (TPSA) is 34.1 Å². The Balaban J connectivity index is 2.16. The highest BCUT2D eigenvalue weighted by atomic mass is 16.5. The van der Waals surface area contributed by atoms with Crippen molar-refractivity contribution in [3.63, 3.8) is 0 Å². The molecule has 0 spiro atoms. The quantitative estimate of drug-likeness (QED) is 0.874. The van der Waals surface area contributed by atoms with Crippen LogP contribution < -0.4 is 10.1 Å². The summed E-state index contributed by atoms with van der Waals surface area (Å²) < 4.78 is 5.20. The number of hydrogen-bond acceptors (Lipinski definition) is 3. The zero-order valence-electron chi connectivity index (χ0n) is 12.4. The van der Waals surface area contributed by atoms with Crippen LogP contribution in [0.5, 0.6) is 5.75 Å². The Bertz CT molecular complexity index is 537. The van der Waals surface area contributed by atoms with Crippen molar-refractivity contribution >= 4 is 0 Å². The summed E-state index contributed by atoms with van der Waals surface area (Å²) in [6, 6.07) is 10.7. The number of nitrogens with one attached hydrogen (secondary N) is 1. The minimum absolute atomic E-state index is 0.292. The molecule has 0 aliphatic heterocycles. The van der Waals surface area contributed by atoms with Crippen LogP contribution in [-0.4, -0.2) is 18.6 Å². The zero-order chi connectivity index (χ0) is 14.4. The molecular weight excluding hydrogens is 248 g/mol. The van der Waals surface area contributed by atoms with Crippen molar-refractivity contribution < 1.29 is 4.74 Å². The van der Waals surface area contributed by atoms with Crippen LogP contribution in [0.1, 0.15) is 29.7 Å². The largest absolute Gasteiger partial charge is 0.497 e. The van der Waals surface area contributed by atoms with Gasteiger partial charge in [-0.25, -0.2) is 0 Å². The van der Waals surface area contributed by atoms with E-state index in [2.05, 4.69) is 42.3 Å². The highest BCUT2D eigenvalue weighted by molar-refractivity contribution is 5.29. The molecule has 0 aliphatic rings. The Kier molecular flexibility index (Phi) is 5.13. The normalized spacial score (nSPS) is 12.2. The molecule has 1 aromatic carbocycles. The van der Waals surface area contributed by atoms with E-state index in [1.807, 2.05) is 24.5 Å². The van der Waals surface area contributed by atoms with E-state index in [4.69, 9.17) is 4.74 Å². The van der Waals surface area contributed by atoms with E-state index in [1.54, 1.807) is 7.11 Å². The lowest BCUT2D eigenvalue weighted by atomic mass is 9.99. The molecule has 1 aromatic heterocycles. The first-order valence-electron chi connectivity index (χ1n) is 7.00. The van der Waals surface area contributed by atoms with Crippen molar-refractivity contribution in [1.82, 2.24) is 10.3 Å². The van der Waals surface area contributed by atoms with E-state index in [1.165, 1.54) is 16.7 Å². The molecule has 1 N–H and O–H groups in total. The second-order valence-electron chi connectivity index (χ2n) is 4.96. The first kappa shape index (κ1) is 14.5. The lowest BCUT2D eigenvalue weighted by Crippen LogP contribution is -2.23. The molecule has 2 aromatic rings. The molecule has 1 atom stereocenters. The number of likely N-dealkylation sites (N-methyl/N-ethyl adjacent to an activating group) is 1. The van der Waals surface area contributed by atoms with Gasteiger partial charge in [0.05, 0.1) is 7.11 Å². The Morgan fingerprint density at radius 3 is 2.55 bits per heavy atom. The van der Waals surface area contributed by atoms with Gasteiger partial charge in [-0.15, -0.1) is 0 Å². The Labute approximate surface area is 121 Å². The van der Waals surface area contributed by atoms with Crippen LogP contribution in [0.25, 0.3) is 0 Å². The van der Waals surface area contributed by atoms with Crippen molar-refractivity contribution in [2.24, 2.45) is 0 Å². The SMILES string of the molecule is CCNC(Cc1ccc(OC)cc1)c1cncc(C)c1. The van der Waals surface area contributed by atoms with Gasteiger partial charge in [0.1, 0.15) is 5.75 Å². The zero-order valence-corrected chi connectivity index (χ0v) is 12.4. The predicted octanol–water partition coefficient (Wildman–Crippen LogP) is 3.29. The van der Waals surface area contributed by atoms with Crippen molar-refractivity contribution in [1.29, 1.82) is 0 Å². The molecule has 106 valence electrons. The van der Waals surface area contributed by atoms with Crippen molar-refractivity contribution in [3.8, 4) is 5.75 Å². The standard InChI is InChI=1S/C17H22N2O/c1-4-19-17(15-9-13(2)11-18-12-15)10-14-5-7-16(20-3)8-6-14/h5-9,11-12,17,19H,4,10H2,1-3H3. The summed E-state index contributed by atoms with van der Waals surface area (Å²) in [5.74, 6) is 0.894. The smallest absolute Gasteiger partial charge is 0.118 e. The summed E-state index contributed by atoms with van der Waals surface area (Å²) in [6.45, 7) is 5.14. The molecule has 0 bridgehead atoms. The average molecular weight is 270 g/mol. The number of aromatic nitrogens is 1. The molecule has 0 saturated carbocycles. The minimum Gasteiger partial charge on any atom is -0.497 e. The molecule has 2 rings (SSSR count). The summed E-state index contributed by atoms with van der Waals surface area (Å²) in [6.07, 6.45) is 4.78. The average Bonchev–Trinajstić information content (AvgIpc) is 2.47. The van der Waals surface area contributed by atoms with Crippen molar-refractivity contribution in [2.75, 3.05) is 13.7 Å². The molecule has 20 heavy (non-hydrogen) atoms. The predicted molar refractivity (Wildman–Crippen MR) is 82.1 cm³/mol. The minimum atomic E-state index is 0.292. The molecule has 0 saturated heterocycles. The number of ether oxygens (including phenoxy) is 1. The monoisotopic (exact) mass is 270 g/mol. The van der Waals surface area contributed by atoms with Crippen LogP contribution >= 0.6 is 0 Å². The maximum absolute atomic E-state index is 5.20. The van der Waals surface area contributed by atoms with Gasteiger partial charge in [-0.3, -0.25) is 4.98 Å². The molecular formula is C17H22N2O. The molecule has 3 heteroatoms. The van der Waals surface area contributed by atoms with E-state index in [0.29, 0.717) is 6.04 Å². The second kappa shape index (κ2) is 7.06. The molecule has 0 fully saturated rings. The van der Waals surface area contributed by atoms with Gasteiger partial charge < -0.3 is 10.1 Å². The number of methoxy groups -OCH3 is 1. The van der Waals surface area contributed by atoms with E-state index in [-0.39, 0.29) is 0 Å². The lowest BCUT2D eigenvalue weighted by molar-refractivity contribution is 0.414. The fourth-order valence-electron chi connectivity index (χ4n) is 2.32. The Hall–Kier alpha value is -1.87. The van der Waals surface area contributed by atoms with Gasteiger partial charge in [0.15, 0.2) is 0 Å². The third-order valence-electron chi connectivity index (χ3n) is 3.35. The van der Waals surface area contributed by atoms with Crippen LogP contribution in [0.15, 0.2) is 42.7 Å². The number of pyridine rings is 1. The number of benzene rings is 1. The maximum Gasteiger partial charge on any atom is 0.118 e. The first-order valence-corrected chi connectivity index (χ1v) is 7.00. The van der Waals surface area contributed by atoms with Crippen LogP contribution in [0, 0.1) is 6.92 Å². The Morgan fingerprint density at radius 1 is 1.20 bits per heavy atom. The van der Waals surface area contributed by atoms with Gasteiger partial charge in [0, 0.05) is 18.4 Å². The summed E-state index contributed by atoms with van der Waals surface area (Å²) in [7, 11) is 1.69. The lowest BCUT2D eigenvalue weighted by Gasteiger charge is -2.18. The summed E-state index contributed by atoms with van der Waals surface area (Å²) >= 11 is 0. The van der Waals surface area contributed by atoms with Gasteiger partial charge in [0.2, 0.25) is 0 Å². The number of aryl methyl sites for hydroxylation is 1. The molecule has 1 unspecified atom stereocenters. The summed E-state index contributed by atoms with van der Waals surface area (Å²) in [5, 5.41) is 3.53. The molecule has 3 nitrogen and oxygen atoms in total. The van der Waals surface area contributed by atoms with Crippen LogP contribution in [0.4, 0.5) is 0 Å². The van der Waals surface area contributed by atoms with Crippen molar-refractivity contribution in [3.05, 3.63) is 59.4 Å². The maximum atomic E-state index is 5.20. The highest BCUT2D eigenvalue weighted by Gasteiger charge is 2.11. The fourth-order valence-corrected chi connectivity index (χ4v) is 2.32. The third-order valence-corrected chi connectivity index (χ3v) is 3.35. The summed E-state index contributed by atoms with van der Waals surface area (Å²) in [4.78, 5) is 4.30. The first-order chi connectivity index (χ1) is 9.72. The molecule has 0 amide bonds. The van der Waals surface area contributed by atoms with Gasteiger partial charge >= 0.3 is 0 Å². The van der Waals surface area contributed by atoms with E-state index >= 15 is 0 Å². The van der Waals surface area contributed by atoms with Crippen molar-refractivity contribution in [2.45, 2.75) is 26.3 Å². The number of rotatable bonds is 6. The van der Waals surface area contributed by atoms with E-state index in [9.17, 15) is 0 Å². The van der Waals surface area contributed by atoms with Crippen LogP contribution in [0.2, 0.25) is 0 Å². The number of hydrogen-bond donors (Lipinski definition) is 1. The molecule has 1 heterocycles. The van der Waals surface area contributed by atoms with E-state index in [0.717, 1.165) is 18.7 Å². The van der Waals surface area contributed by atoms with Gasteiger partial charge in [-0.05, 0) is 48.7 Å². The van der Waals surface area contributed by atoms with Crippen LogP contribution in [0.3, 0.4) is 0 Å².